The first-order chi connectivity index (χ1) is 9.58. The van der Waals surface area contributed by atoms with Crippen LogP contribution in [0.3, 0.4) is 0 Å². The van der Waals surface area contributed by atoms with Crippen LogP contribution in [0.15, 0.2) is 30.5 Å². The summed E-state index contributed by atoms with van der Waals surface area (Å²) in [7, 11) is 0. The van der Waals surface area contributed by atoms with Crippen molar-refractivity contribution in [3.8, 4) is 0 Å². The van der Waals surface area contributed by atoms with Crippen LogP contribution in [-0.4, -0.2) is 22.2 Å². The van der Waals surface area contributed by atoms with Gasteiger partial charge in [-0.3, -0.25) is 9.48 Å². The van der Waals surface area contributed by atoms with E-state index in [0.29, 0.717) is 30.2 Å². The molecule has 0 radical (unpaired) electrons. The number of nitrogens with zero attached hydrogens (tertiary/aromatic N) is 3. The van der Waals surface area contributed by atoms with Gasteiger partial charge < -0.3 is 10.6 Å². The topological polar surface area (TPSA) is 64.2 Å². The Hall–Kier alpha value is -2.37. The molecule has 1 aromatic heterocycles. The highest BCUT2D eigenvalue weighted by Gasteiger charge is 2.22. The predicted molar refractivity (Wildman–Crippen MR) is 76.1 cm³/mol. The molecule has 2 N–H and O–H groups in total. The zero-order valence-corrected chi connectivity index (χ0v) is 11.5. The van der Waals surface area contributed by atoms with Gasteiger partial charge in [-0.25, -0.2) is 4.39 Å². The number of benzene rings is 1. The van der Waals surface area contributed by atoms with Crippen LogP contribution >= 0.6 is 0 Å². The summed E-state index contributed by atoms with van der Waals surface area (Å²) in [6.07, 6.45) is 1.47. The molecule has 0 aliphatic heterocycles. The highest BCUT2D eigenvalue weighted by molar-refractivity contribution is 6.08. The lowest BCUT2D eigenvalue weighted by Crippen LogP contribution is -2.33. The van der Waals surface area contributed by atoms with Crippen LogP contribution in [0.4, 0.5) is 15.8 Å². The lowest BCUT2D eigenvalue weighted by molar-refractivity contribution is 0.0979. The smallest absolute Gasteiger partial charge is 0.278 e. The zero-order valence-electron chi connectivity index (χ0n) is 11.5. The van der Waals surface area contributed by atoms with Crippen LogP contribution in [0.25, 0.3) is 0 Å². The Morgan fingerprint density at radius 3 is 2.55 bits per heavy atom. The van der Waals surface area contributed by atoms with Gasteiger partial charge in [0.25, 0.3) is 5.91 Å². The number of hydrogen-bond acceptors (Lipinski definition) is 3. The molecule has 106 valence electrons. The van der Waals surface area contributed by atoms with Gasteiger partial charge in [0, 0.05) is 18.8 Å². The number of nitrogen functional groups attached to an aromatic ring is 1. The quantitative estimate of drug-likeness (QED) is 0.931. The largest absolute Gasteiger partial charge is 0.396 e. The fourth-order valence-electron chi connectivity index (χ4n) is 2.07. The van der Waals surface area contributed by atoms with E-state index in [1.54, 1.807) is 21.7 Å². The van der Waals surface area contributed by atoms with E-state index < -0.39 is 0 Å². The summed E-state index contributed by atoms with van der Waals surface area (Å²) in [5.41, 5.74) is 7.15. The monoisotopic (exact) mass is 276 g/mol. The standard InChI is InChI=1S/C14H17FN4O/c1-3-18(11-7-5-10(15)6-8-11)14(20)13-12(16)9-17-19(13)4-2/h5-9H,3-4,16H2,1-2H3. The molecule has 1 aromatic carbocycles. The first-order valence-corrected chi connectivity index (χ1v) is 6.47. The Labute approximate surface area is 116 Å². The van der Waals surface area contributed by atoms with E-state index in [1.165, 1.54) is 18.3 Å². The maximum atomic E-state index is 13.0. The molecule has 0 fully saturated rings. The summed E-state index contributed by atoms with van der Waals surface area (Å²) in [5.74, 6) is -0.577. The Kier molecular flexibility index (Phi) is 4.02. The zero-order chi connectivity index (χ0) is 14.7. The summed E-state index contributed by atoms with van der Waals surface area (Å²) in [6.45, 7) is 4.75. The van der Waals surface area contributed by atoms with Crippen LogP contribution in [-0.2, 0) is 6.54 Å². The Morgan fingerprint density at radius 1 is 1.35 bits per heavy atom. The number of aryl methyl sites for hydroxylation is 1. The van der Waals surface area contributed by atoms with E-state index in [1.807, 2.05) is 13.8 Å². The second kappa shape index (κ2) is 5.73. The van der Waals surface area contributed by atoms with Crippen LogP contribution in [0.1, 0.15) is 24.3 Å². The lowest BCUT2D eigenvalue weighted by Gasteiger charge is -2.21. The molecule has 1 heterocycles. The molecule has 0 spiro atoms. The first kappa shape index (κ1) is 14.0. The van der Waals surface area contributed by atoms with Crippen LogP contribution in [0.5, 0.6) is 0 Å². The SMILES string of the molecule is CCN(C(=O)c1c(N)cnn1CC)c1ccc(F)cc1. The van der Waals surface area contributed by atoms with Crippen molar-refractivity contribution in [1.82, 2.24) is 9.78 Å². The average molecular weight is 276 g/mol. The molecule has 0 atom stereocenters. The van der Waals surface area contributed by atoms with Gasteiger partial charge in [-0.2, -0.15) is 5.10 Å². The number of carbonyl (C=O) groups is 1. The maximum Gasteiger partial charge on any atom is 0.278 e. The minimum Gasteiger partial charge on any atom is -0.396 e. The highest BCUT2D eigenvalue weighted by atomic mass is 19.1. The summed E-state index contributed by atoms with van der Waals surface area (Å²) < 4.78 is 14.5. The second-order valence-electron chi connectivity index (χ2n) is 4.29. The first-order valence-electron chi connectivity index (χ1n) is 6.47. The van der Waals surface area contributed by atoms with E-state index in [-0.39, 0.29) is 11.7 Å². The van der Waals surface area contributed by atoms with Gasteiger partial charge in [-0.15, -0.1) is 0 Å². The van der Waals surface area contributed by atoms with Gasteiger partial charge >= 0.3 is 0 Å². The van der Waals surface area contributed by atoms with Gasteiger partial charge in [0.05, 0.1) is 11.9 Å². The molecular weight excluding hydrogens is 259 g/mol. The summed E-state index contributed by atoms with van der Waals surface area (Å²) in [5, 5.41) is 4.06. The number of aromatic nitrogens is 2. The van der Waals surface area contributed by atoms with E-state index in [2.05, 4.69) is 5.10 Å². The van der Waals surface area contributed by atoms with Crippen LogP contribution in [0.2, 0.25) is 0 Å². The van der Waals surface area contributed by atoms with Crippen molar-refractivity contribution < 1.29 is 9.18 Å². The molecule has 0 saturated carbocycles. The van der Waals surface area contributed by atoms with Gasteiger partial charge in [-0.05, 0) is 38.1 Å². The van der Waals surface area contributed by atoms with E-state index in [9.17, 15) is 9.18 Å². The maximum absolute atomic E-state index is 13.0. The predicted octanol–water partition coefficient (Wildman–Crippen LogP) is 2.29. The average Bonchev–Trinajstić information content (AvgIpc) is 2.82. The third-order valence-corrected chi connectivity index (χ3v) is 3.07. The van der Waals surface area contributed by atoms with E-state index in [4.69, 9.17) is 5.73 Å². The molecule has 0 unspecified atom stereocenters. The third kappa shape index (κ3) is 2.49. The van der Waals surface area contributed by atoms with Crippen molar-refractivity contribution in [2.45, 2.75) is 20.4 Å². The van der Waals surface area contributed by atoms with Crippen molar-refractivity contribution in [2.75, 3.05) is 17.2 Å². The number of anilines is 2. The molecule has 2 aromatic rings. The molecule has 2 rings (SSSR count). The summed E-state index contributed by atoms with van der Waals surface area (Å²) in [6, 6.07) is 5.79. The van der Waals surface area contributed by atoms with Crippen molar-refractivity contribution >= 4 is 17.3 Å². The van der Waals surface area contributed by atoms with Crippen molar-refractivity contribution in [2.24, 2.45) is 0 Å². The minimum atomic E-state index is -0.338. The van der Waals surface area contributed by atoms with Gasteiger partial charge in [0.15, 0.2) is 0 Å². The number of amides is 1. The molecule has 0 aliphatic rings. The van der Waals surface area contributed by atoms with Crippen LogP contribution in [0, 0.1) is 5.82 Å². The van der Waals surface area contributed by atoms with Crippen molar-refractivity contribution in [1.29, 1.82) is 0 Å². The summed E-state index contributed by atoms with van der Waals surface area (Å²) >= 11 is 0. The number of rotatable bonds is 4. The minimum absolute atomic E-state index is 0.240. The van der Waals surface area contributed by atoms with E-state index in [0.717, 1.165) is 0 Å². The van der Waals surface area contributed by atoms with Crippen molar-refractivity contribution in [3.63, 3.8) is 0 Å². The Bertz CT molecular complexity index is 606. The fourth-order valence-corrected chi connectivity index (χ4v) is 2.07. The van der Waals surface area contributed by atoms with Gasteiger partial charge in [0.1, 0.15) is 11.5 Å². The molecule has 0 bridgehead atoms. The summed E-state index contributed by atoms with van der Waals surface area (Å²) in [4.78, 5) is 14.2. The molecule has 0 saturated heterocycles. The second-order valence-corrected chi connectivity index (χ2v) is 4.29. The molecule has 0 aliphatic carbocycles. The molecule has 1 amide bonds. The van der Waals surface area contributed by atoms with Gasteiger partial charge in [0.2, 0.25) is 0 Å². The van der Waals surface area contributed by atoms with Crippen LogP contribution < -0.4 is 10.6 Å². The molecule has 5 nitrogen and oxygen atoms in total. The molecular formula is C14H17FN4O. The number of carbonyl (C=O) groups excluding carboxylic acids is 1. The number of halogens is 1. The fraction of sp³-hybridized carbons (Fsp3) is 0.286. The Balaban J connectivity index is 2.38. The normalized spacial score (nSPS) is 10.6. The third-order valence-electron chi connectivity index (χ3n) is 3.07. The molecule has 20 heavy (non-hydrogen) atoms. The van der Waals surface area contributed by atoms with Crippen molar-refractivity contribution in [3.05, 3.63) is 42.0 Å². The highest BCUT2D eigenvalue weighted by Crippen LogP contribution is 2.20. The van der Waals surface area contributed by atoms with E-state index >= 15 is 0 Å². The van der Waals surface area contributed by atoms with Gasteiger partial charge in [-0.1, -0.05) is 0 Å². The molecule has 6 heteroatoms. The number of nitrogens with two attached hydrogens (primary N) is 1. The Morgan fingerprint density at radius 2 is 2.00 bits per heavy atom. The lowest BCUT2D eigenvalue weighted by atomic mass is 10.2. The number of hydrogen-bond donors (Lipinski definition) is 1.